The number of nitrogens with zero attached hydrogens (tertiary/aromatic N) is 4. The highest BCUT2D eigenvalue weighted by atomic mass is 16.2. The highest BCUT2D eigenvalue weighted by Crippen LogP contribution is 2.15. The van der Waals surface area contributed by atoms with Crippen molar-refractivity contribution >= 4 is 12.0 Å². The van der Waals surface area contributed by atoms with Crippen molar-refractivity contribution in [1.82, 2.24) is 25.6 Å². The third-order valence-electron chi connectivity index (χ3n) is 4.12. The summed E-state index contributed by atoms with van der Waals surface area (Å²) in [4.78, 5) is 27.0. The lowest BCUT2D eigenvalue weighted by molar-refractivity contribution is 0.232. The van der Waals surface area contributed by atoms with Crippen LogP contribution in [0.4, 0.5) is 10.7 Å². The molecule has 2 N–H and O–H groups in total. The molecule has 1 aliphatic rings. The van der Waals surface area contributed by atoms with Gasteiger partial charge in [0.05, 0.1) is 6.04 Å². The van der Waals surface area contributed by atoms with Crippen molar-refractivity contribution in [1.29, 1.82) is 0 Å². The predicted molar refractivity (Wildman–Crippen MR) is 91.6 cm³/mol. The molecule has 0 radical (unpaired) electrons. The lowest BCUT2D eigenvalue weighted by Crippen LogP contribution is -2.51. The van der Waals surface area contributed by atoms with E-state index in [1.807, 2.05) is 19.1 Å². The van der Waals surface area contributed by atoms with Crippen LogP contribution in [0.15, 0.2) is 43.0 Å². The van der Waals surface area contributed by atoms with E-state index < -0.39 is 0 Å². The molecule has 1 saturated heterocycles. The first-order valence-electron chi connectivity index (χ1n) is 8.21. The molecule has 2 atom stereocenters. The Hall–Kier alpha value is -2.70. The van der Waals surface area contributed by atoms with E-state index in [2.05, 4.69) is 30.5 Å². The number of carbonyl (C=O) groups is 1. The molecule has 7 nitrogen and oxygen atoms in total. The monoisotopic (exact) mass is 326 g/mol. The van der Waals surface area contributed by atoms with Gasteiger partial charge in [0, 0.05) is 43.9 Å². The van der Waals surface area contributed by atoms with Crippen molar-refractivity contribution in [3.8, 4) is 0 Å². The number of hydrogen-bond acceptors (Lipinski definition) is 5. The first-order valence-corrected chi connectivity index (χ1v) is 8.21. The number of pyridine rings is 1. The third kappa shape index (κ3) is 4.18. The second-order valence-electron chi connectivity index (χ2n) is 5.96. The van der Waals surface area contributed by atoms with Gasteiger partial charge in [0.25, 0.3) is 0 Å². The summed E-state index contributed by atoms with van der Waals surface area (Å²) in [5, 5.41) is 6.01. The van der Waals surface area contributed by atoms with Crippen LogP contribution in [-0.2, 0) is 0 Å². The molecule has 126 valence electrons. The number of nitrogens with one attached hydrogen (secondary N) is 2. The van der Waals surface area contributed by atoms with Gasteiger partial charge >= 0.3 is 6.03 Å². The maximum atomic E-state index is 12.2. The zero-order chi connectivity index (χ0) is 16.8. The third-order valence-corrected chi connectivity index (χ3v) is 4.12. The normalized spacial score (nSPS) is 18.7. The molecule has 2 aromatic rings. The highest BCUT2D eigenvalue weighted by molar-refractivity contribution is 5.74. The van der Waals surface area contributed by atoms with Crippen LogP contribution in [0.25, 0.3) is 0 Å². The molecule has 24 heavy (non-hydrogen) atoms. The quantitative estimate of drug-likeness (QED) is 0.896. The van der Waals surface area contributed by atoms with Gasteiger partial charge in [-0.15, -0.1) is 0 Å². The number of piperidine rings is 1. The minimum atomic E-state index is -0.160. The molecule has 0 saturated carbocycles. The summed E-state index contributed by atoms with van der Waals surface area (Å²) in [5.74, 6) is 0.716. The van der Waals surface area contributed by atoms with Crippen LogP contribution in [0.5, 0.6) is 0 Å². The topological polar surface area (TPSA) is 83.0 Å². The summed E-state index contributed by atoms with van der Waals surface area (Å²) in [6.07, 6.45) is 8.92. The lowest BCUT2D eigenvalue weighted by atomic mass is 10.1. The molecule has 0 aromatic carbocycles. The second-order valence-corrected chi connectivity index (χ2v) is 5.96. The fourth-order valence-corrected chi connectivity index (χ4v) is 2.87. The van der Waals surface area contributed by atoms with Crippen molar-refractivity contribution in [2.24, 2.45) is 0 Å². The fourth-order valence-electron chi connectivity index (χ4n) is 2.87. The first kappa shape index (κ1) is 16.2. The van der Waals surface area contributed by atoms with E-state index in [4.69, 9.17) is 0 Å². The van der Waals surface area contributed by atoms with Crippen LogP contribution in [0.3, 0.4) is 0 Å². The van der Waals surface area contributed by atoms with Crippen molar-refractivity contribution in [2.75, 3.05) is 18.0 Å². The van der Waals surface area contributed by atoms with Crippen LogP contribution >= 0.6 is 0 Å². The van der Waals surface area contributed by atoms with Gasteiger partial charge in [-0.05, 0) is 37.5 Å². The minimum absolute atomic E-state index is 0.0867. The van der Waals surface area contributed by atoms with Crippen molar-refractivity contribution < 1.29 is 4.79 Å². The minimum Gasteiger partial charge on any atom is -0.339 e. The number of hydrogen-bond donors (Lipinski definition) is 2. The maximum Gasteiger partial charge on any atom is 0.315 e. The maximum absolute atomic E-state index is 12.2. The number of amides is 2. The number of urea groups is 1. The van der Waals surface area contributed by atoms with E-state index in [1.165, 1.54) is 0 Å². The van der Waals surface area contributed by atoms with Crippen LogP contribution in [-0.4, -0.2) is 40.1 Å². The van der Waals surface area contributed by atoms with E-state index in [0.29, 0.717) is 5.95 Å². The Balaban J connectivity index is 1.53. The molecule has 0 bridgehead atoms. The standard InChI is InChI=1S/C17H22N6O/c1-13(14-5-2-7-18-11-14)21-17(24)22-15-6-3-10-23(12-15)16-19-8-4-9-20-16/h2,4-5,7-9,11,13,15H,3,6,10,12H2,1H3,(H2,21,22,24)/t13-,15+/m1/s1. The van der Waals surface area contributed by atoms with E-state index in [1.54, 1.807) is 30.9 Å². The Bertz CT molecular complexity index is 651. The van der Waals surface area contributed by atoms with Crippen LogP contribution in [0.2, 0.25) is 0 Å². The Morgan fingerprint density at radius 1 is 1.29 bits per heavy atom. The molecule has 2 aromatic heterocycles. The Kier molecular flexibility index (Phi) is 5.20. The average Bonchev–Trinajstić information content (AvgIpc) is 2.63. The van der Waals surface area contributed by atoms with Gasteiger partial charge in [0.2, 0.25) is 5.95 Å². The van der Waals surface area contributed by atoms with Gasteiger partial charge in [-0.3, -0.25) is 4.98 Å². The summed E-state index contributed by atoms with van der Waals surface area (Å²) < 4.78 is 0. The van der Waals surface area contributed by atoms with Gasteiger partial charge in [-0.25, -0.2) is 14.8 Å². The average molecular weight is 326 g/mol. The number of rotatable bonds is 4. The molecule has 7 heteroatoms. The van der Waals surface area contributed by atoms with Gasteiger partial charge in [-0.1, -0.05) is 6.07 Å². The molecule has 3 heterocycles. The van der Waals surface area contributed by atoms with Crippen LogP contribution in [0.1, 0.15) is 31.4 Å². The molecule has 0 spiro atoms. The summed E-state index contributed by atoms with van der Waals surface area (Å²) in [6.45, 7) is 3.58. The molecular formula is C17H22N6O. The summed E-state index contributed by atoms with van der Waals surface area (Å²) >= 11 is 0. The van der Waals surface area contributed by atoms with E-state index in [0.717, 1.165) is 31.5 Å². The SMILES string of the molecule is C[C@@H](NC(=O)N[C@H]1CCCN(c2ncccn2)C1)c1cccnc1. The smallest absolute Gasteiger partial charge is 0.315 e. The largest absolute Gasteiger partial charge is 0.339 e. The summed E-state index contributed by atoms with van der Waals surface area (Å²) in [6, 6.07) is 5.46. The van der Waals surface area contributed by atoms with Gasteiger partial charge < -0.3 is 15.5 Å². The predicted octanol–water partition coefficient (Wildman–Crippen LogP) is 1.90. The van der Waals surface area contributed by atoms with Gasteiger partial charge in [0.1, 0.15) is 0 Å². The number of carbonyl (C=O) groups excluding carboxylic acids is 1. The van der Waals surface area contributed by atoms with E-state index in [9.17, 15) is 4.79 Å². The van der Waals surface area contributed by atoms with Crippen LogP contribution in [0, 0.1) is 0 Å². The summed E-state index contributed by atoms with van der Waals surface area (Å²) in [5.41, 5.74) is 0.982. The zero-order valence-corrected chi connectivity index (χ0v) is 13.7. The zero-order valence-electron chi connectivity index (χ0n) is 13.7. The van der Waals surface area contributed by atoms with Crippen molar-refractivity contribution in [2.45, 2.75) is 31.8 Å². The first-order chi connectivity index (χ1) is 11.7. The van der Waals surface area contributed by atoms with E-state index in [-0.39, 0.29) is 18.1 Å². The van der Waals surface area contributed by atoms with Gasteiger partial charge in [0.15, 0.2) is 0 Å². The lowest BCUT2D eigenvalue weighted by Gasteiger charge is -2.33. The molecule has 1 fully saturated rings. The Morgan fingerprint density at radius 3 is 2.88 bits per heavy atom. The van der Waals surface area contributed by atoms with Crippen molar-refractivity contribution in [3.05, 3.63) is 48.5 Å². The number of aromatic nitrogens is 3. The highest BCUT2D eigenvalue weighted by Gasteiger charge is 2.23. The molecular weight excluding hydrogens is 304 g/mol. The number of anilines is 1. The Morgan fingerprint density at radius 2 is 2.12 bits per heavy atom. The molecule has 0 unspecified atom stereocenters. The molecule has 0 aliphatic carbocycles. The van der Waals surface area contributed by atoms with Crippen LogP contribution < -0.4 is 15.5 Å². The van der Waals surface area contributed by atoms with Crippen molar-refractivity contribution in [3.63, 3.8) is 0 Å². The molecule has 3 rings (SSSR count). The molecule has 1 aliphatic heterocycles. The fraction of sp³-hybridized carbons (Fsp3) is 0.412. The Labute approximate surface area is 141 Å². The second kappa shape index (κ2) is 7.72. The molecule has 2 amide bonds. The van der Waals surface area contributed by atoms with Gasteiger partial charge in [-0.2, -0.15) is 0 Å². The van der Waals surface area contributed by atoms with E-state index >= 15 is 0 Å². The summed E-state index contributed by atoms with van der Waals surface area (Å²) in [7, 11) is 0.